The molecule has 0 spiro atoms. The van der Waals surface area contributed by atoms with E-state index in [1.807, 2.05) is 12.1 Å². The summed E-state index contributed by atoms with van der Waals surface area (Å²) in [6.07, 6.45) is 4.24. The first-order valence-corrected chi connectivity index (χ1v) is 10.8. The number of halogens is 3. The summed E-state index contributed by atoms with van der Waals surface area (Å²) in [5, 5.41) is 3.18. The highest BCUT2D eigenvalue weighted by Gasteiger charge is 2.23. The number of hydrogen-bond donors (Lipinski definition) is 2. The van der Waals surface area contributed by atoms with Gasteiger partial charge in [-0.3, -0.25) is 0 Å². The Morgan fingerprint density at radius 1 is 0.679 bits per heavy atom. The van der Waals surface area contributed by atoms with Crippen LogP contribution in [0.3, 0.4) is 0 Å². The van der Waals surface area contributed by atoms with Crippen LogP contribution in [0.1, 0.15) is 22.6 Å². The van der Waals surface area contributed by atoms with Crippen LogP contribution in [0.15, 0.2) is 82.0 Å². The summed E-state index contributed by atoms with van der Waals surface area (Å²) >= 11 is 13.3. The van der Waals surface area contributed by atoms with Gasteiger partial charge in [0, 0.05) is 54.1 Å². The highest BCUT2D eigenvalue weighted by molar-refractivity contribution is 9.10. The molecule has 0 aliphatic rings. The third kappa shape index (κ3) is 3.10. The average molecular weight is 515 g/mol. The summed E-state index contributed by atoms with van der Waals surface area (Å²) in [5.41, 5.74) is 5.93. The lowest BCUT2D eigenvalue weighted by molar-refractivity contribution is 0.998. The first-order valence-electron chi connectivity index (χ1n) is 8.89. The Bertz CT molecular complexity index is 1220. The van der Waals surface area contributed by atoms with Gasteiger partial charge in [0.25, 0.3) is 0 Å². The molecular weight excluding hydrogens is 500 g/mol. The molecule has 0 aliphatic carbocycles. The standard InChI is InChI=1S/C23H15Br2ClN2/c24-14-3-7-17-19(11-27-21(17)9-14)23(13-1-5-16(26)6-2-13)20-12-28-22-10-15(25)4-8-18(20)22/h1-12,23,27-28H. The van der Waals surface area contributed by atoms with Crippen molar-refractivity contribution < 1.29 is 0 Å². The molecule has 2 heterocycles. The number of hydrogen-bond acceptors (Lipinski definition) is 0. The number of aromatic amines is 2. The smallest absolute Gasteiger partial charge is 0.0468 e. The molecule has 5 aromatic rings. The van der Waals surface area contributed by atoms with Gasteiger partial charge in [0.2, 0.25) is 0 Å². The number of aromatic nitrogens is 2. The molecule has 0 atom stereocenters. The van der Waals surface area contributed by atoms with Gasteiger partial charge < -0.3 is 9.97 Å². The molecule has 2 N–H and O–H groups in total. The van der Waals surface area contributed by atoms with Crippen LogP contribution in [0.4, 0.5) is 0 Å². The highest BCUT2D eigenvalue weighted by atomic mass is 79.9. The Hall–Kier alpha value is -2.01. The fraction of sp³-hybridized carbons (Fsp3) is 0.0435. The molecule has 0 amide bonds. The Morgan fingerprint density at radius 3 is 1.68 bits per heavy atom. The van der Waals surface area contributed by atoms with E-state index in [-0.39, 0.29) is 5.92 Å². The molecule has 28 heavy (non-hydrogen) atoms. The molecule has 0 saturated heterocycles. The minimum absolute atomic E-state index is 0.0853. The molecule has 0 bridgehead atoms. The van der Waals surface area contributed by atoms with E-state index in [0.717, 1.165) is 25.0 Å². The van der Waals surface area contributed by atoms with E-state index in [9.17, 15) is 0 Å². The van der Waals surface area contributed by atoms with Crippen molar-refractivity contribution in [2.24, 2.45) is 0 Å². The molecule has 5 rings (SSSR count). The number of benzene rings is 3. The van der Waals surface area contributed by atoms with Crippen molar-refractivity contribution in [2.45, 2.75) is 5.92 Å². The van der Waals surface area contributed by atoms with E-state index in [0.29, 0.717) is 0 Å². The minimum Gasteiger partial charge on any atom is -0.361 e. The van der Waals surface area contributed by atoms with E-state index in [2.05, 4.69) is 103 Å². The number of nitrogens with one attached hydrogen (secondary N) is 2. The zero-order valence-electron chi connectivity index (χ0n) is 14.6. The van der Waals surface area contributed by atoms with E-state index in [1.54, 1.807) is 0 Å². The molecule has 0 saturated carbocycles. The second kappa shape index (κ2) is 7.11. The van der Waals surface area contributed by atoms with Crippen LogP contribution in [-0.4, -0.2) is 9.97 Å². The van der Waals surface area contributed by atoms with Crippen LogP contribution in [0, 0.1) is 0 Å². The Balaban J connectivity index is 1.78. The first-order chi connectivity index (χ1) is 13.6. The lowest BCUT2D eigenvalue weighted by Gasteiger charge is -2.17. The van der Waals surface area contributed by atoms with Crippen molar-refractivity contribution in [1.82, 2.24) is 9.97 Å². The second-order valence-electron chi connectivity index (χ2n) is 6.85. The van der Waals surface area contributed by atoms with Crippen molar-refractivity contribution >= 4 is 65.3 Å². The van der Waals surface area contributed by atoms with Crippen molar-refractivity contribution in [2.75, 3.05) is 0 Å². The van der Waals surface area contributed by atoms with Crippen LogP contribution in [0.2, 0.25) is 5.02 Å². The quantitative estimate of drug-likeness (QED) is 0.244. The third-order valence-corrected chi connectivity index (χ3v) is 6.42. The first kappa shape index (κ1) is 18.0. The van der Waals surface area contributed by atoms with E-state index >= 15 is 0 Å². The van der Waals surface area contributed by atoms with Gasteiger partial charge in [0.1, 0.15) is 0 Å². The van der Waals surface area contributed by atoms with Gasteiger partial charge in [-0.05, 0) is 53.1 Å². The third-order valence-electron chi connectivity index (χ3n) is 5.18. The van der Waals surface area contributed by atoms with Crippen LogP contribution in [0.5, 0.6) is 0 Å². The summed E-state index contributed by atoms with van der Waals surface area (Å²) in [7, 11) is 0. The summed E-state index contributed by atoms with van der Waals surface area (Å²) in [6.45, 7) is 0. The molecule has 3 aromatic carbocycles. The fourth-order valence-electron chi connectivity index (χ4n) is 3.90. The molecule has 138 valence electrons. The maximum absolute atomic E-state index is 6.17. The molecule has 0 fully saturated rings. The largest absolute Gasteiger partial charge is 0.361 e. The normalized spacial score (nSPS) is 11.7. The SMILES string of the molecule is Clc1ccc(C(c2c[nH]c3cc(Br)ccc23)c2c[nH]c3cc(Br)ccc23)cc1. The number of H-pyrrole nitrogens is 2. The number of fused-ring (bicyclic) bond motifs is 2. The molecule has 2 nitrogen and oxygen atoms in total. The molecule has 0 aliphatic heterocycles. The van der Waals surface area contributed by atoms with Gasteiger partial charge in [-0.15, -0.1) is 0 Å². The Kier molecular flexibility index (Phi) is 4.58. The minimum atomic E-state index is 0.0853. The monoisotopic (exact) mass is 512 g/mol. The summed E-state index contributed by atoms with van der Waals surface area (Å²) in [5.74, 6) is 0.0853. The Morgan fingerprint density at radius 2 is 1.18 bits per heavy atom. The lowest BCUT2D eigenvalue weighted by atomic mass is 9.85. The zero-order valence-corrected chi connectivity index (χ0v) is 18.6. The highest BCUT2D eigenvalue weighted by Crippen LogP contribution is 2.40. The zero-order chi connectivity index (χ0) is 19.3. The molecule has 0 unspecified atom stereocenters. The molecule has 0 radical (unpaired) electrons. The van der Waals surface area contributed by atoms with E-state index in [1.165, 1.54) is 27.5 Å². The fourth-order valence-corrected chi connectivity index (χ4v) is 4.75. The van der Waals surface area contributed by atoms with Crippen molar-refractivity contribution in [3.63, 3.8) is 0 Å². The van der Waals surface area contributed by atoms with Gasteiger partial charge in [0.05, 0.1) is 0 Å². The molecule has 2 aromatic heterocycles. The maximum atomic E-state index is 6.17. The summed E-state index contributed by atoms with van der Waals surface area (Å²) < 4.78 is 2.13. The molecular formula is C23H15Br2ClN2. The van der Waals surface area contributed by atoms with Crippen molar-refractivity contribution in [3.05, 3.63) is 104 Å². The van der Waals surface area contributed by atoms with Gasteiger partial charge in [-0.1, -0.05) is 67.7 Å². The van der Waals surface area contributed by atoms with Gasteiger partial charge in [-0.25, -0.2) is 0 Å². The maximum Gasteiger partial charge on any atom is 0.0468 e. The van der Waals surface area contributed by atoms with Crippen LogP contribution in [-0.2, 0) is 0 Å². The van der Waals surface area contributed by atoms with Gasteiger partial charge >= 0.3 is 0 Å². The van der Waals surface area contributed by atoms with Crippen molar-refractivity contribution in [3.8, 4) is 0 Å². The molecule has 5 heteroatoms. The Labute approximate surface area is 184 Å². The average Bonchev–Trinajstić information content (AvgIpc) is 3.28. The number of rotatable bonds is 3. The van der Waals surface area contributed by atoms with E-state index in [4.69, 9.17) is 11.6 Å². The predicted molar refractivity (Wildman–Crippen MR) is 124 cm³/mol. The predicted octanol–water partition coefficient (Wildman–Crippen LogP) is 8.01. The van der Waals surface area contributed by atoms with E-state index < -0.39 is 0 Å². The second-order valence-corrected chi connectivity index (χ2v) is 9.12. The van der Waals surface area contributed by atoms with Crippen LogP contribution >= 0.6 is 43.5 Å². The summed E-state index contributed by atoms with van der Waals surface area (Å²) in [6, 6.07) is 20.9. The lowest BCUT2D eigenvalue weighted by Crippen LogP contribution is -2.02. The van der Waals surface area contributed by atoms with Crippen molar-refractivity contribution in [1.29, 1.82) is 0 Å². The van der Waals surface area contributed by atoms with Gasteiger partial charge in [0.15, 0.2) is 0 Å². The van der Waals surface area contributed by atoms with Crippen LogP contribution in [0.25, 0.3) is 21.8 Å². The summed E-state index contributed by atoms with van der Waals surface area (Å²) in [4.78, 5) is 6.87. The van der Waals surface area contributed by atoms with Gasteiger partial charge in [-0.2, -0.15) is 0 Å². The topological polar surface area (TPSA) is 31.6 Å². The van der Waals surface area contributed by atoms with Crippen LogP contribution < -0.4 is 0 Å².